The van der Waals surface area contributed by atoms with Crippen LogP contribution in [0.2, 0.25) is 0 Å². The van der Waals surface area contributed by atoms with E-state index < -0.39 is 5.91 Å². The third kappa shape index (κ3) is 1.94. The van der Waals surface area contributed by atoms with Gasteiger partial charge >= 0.3 is 0 Å². The van der Waals surface area contributed by atoms with Crippen LogP contribution in [-0.2, 0) is 0 Å². The van der Waals surface area contributed by atoms with Gasteiger partial charge in [-0.2, -0.15) is 0 Å². The molecule has 0 unspecified atom stereocenters. The molecule has 0 saturated heterocycles. The van der Waals surface area contributed by atoms with Gasteiger partial charge in [-0.1, -0.05) is 23.7 Å². The minimum Gasteiger partial charge on any atom is -0.366 e. The Morgan fingerprint density at radius 1 is 1.05 bits per heavy atom. The third-order valence-corrected chi connectivity index (χ3v) is 3.99. The Kier molecular flexibility index (Phi) is 2.68. The minimum atomic E-state index is -0.477. The van der Waals surface area contributed by atoms with Crippen molar-refractivity contribution < 1.29 is 4.79 Å². The topological polar surface area (TPSA) is 65.1 Å². The van der Waals surface area contributed by atoms with Crippen LogP contribution in [0, 0.1) is 0 Å². The molecule has 1 amide bonds. The van der Waals surface area contributed by atoms with Crippen LogP contribution in [0.25, 0.3) is 15.8 Å². The van der Waals surface area contributed by atoms with E-state index in [0.29, 0.717) is 10.9 Å². The second kappa shape index (κ2) is 4.37. The average molecular weight is 270 g/mol. The Morgan fingerprint density at radius 3 is 2.37 bits per heavy atom. The first-order valence-electron chi connectivity index (χ1n) is 5.68. The molecule has 19 heavy (non-hydrogen) atoms. The van der Waals surface area contributed by atoms with Gasteiger partial charge in [0.2, 0.25) is 5.91 Å². The predicted octanol–water partition coefficient (Wildman–Crippen LogP) is 2.15. The van der Waals surface area contributed by atoms with Crippen molar-refractivity contribution in [2.75, 3.05) is 0 Å². The van der Waals surface area contributed by atoms with E-state index in [4.69, 9.17) is 5.73 Å². The predicted molar refractivity (Wildman–Crippen MR) is 75.9 cm³/mol. The fourth-order valence-electron chi connectivity index (χ4n) is 1.90. The molecular weight excluding hydrogens is 260 g/mol. The maximum absolute atomic E-state index is 12.2. The van der Waals surface area contributed by atoms with Crippen LogP contribution in [-0.4, -0.2) is 9.86 Å². The molecule has 0 saturated carbocycles. The Labute approximate surface area is 112 Å². The summed E-state index contributed by atoms with van der Waals surface area (Å²) in [5, 5.41) is 0.700. The quantitative estimate of drug-likeness (QED) is 0.775. The Balaban J connectivity index is 2.16. The molecule has 0 atom stereocenters. The van der Waals surface area contributed by atoms with Crippen LogP contribution < -0.4 is 11.3 Å². The maximum atomic E-state index is 12.2. The van der Waals surface area contributed by atoms with Gasteiger partial charge in [0.25, 0.3) is 5.56 Å². The molecule has 0 fully saturated rings. The number of carbonyl (C=O) groups excluding carboxylic acids is 1. The molecule has 94 valence electrons. The number of fused-ring (bicyclic) bond motifs is 1. The van der Waals surface area contributed by atoms with Crippen LogP contribution in [0.5, 0.6) is 0 Å². The van der Waals surface area contributed by atoms with E-state index in [1.807, 2.05) is 24.3 Å². The molecule has 0 spiro atoms. The molecule has 0 bridgehead atoms. The molecule has 0 aliphatic heterocycles. The number of amides is 1. The van der Waals surface area contributed by atoms with E-state index in [0.717, 1.165) is 10.4 Å². The van der Waals surface area contributed by atoms with Gasteiger partial charge in [-0.3, -0.25) is 9.59 Å². The molecule has 2 N–H and O–H groups in total. The SMILES string of the molecule is NC(=O)c1ccc(-n2sc3ccccc3c2=O)cc1. The lowest BCUT2D eigenvalue weighted by Gasteiger charge is -2.00. The summed E-state index contributed by atoms with van der Waals surface area (Å²) >= 11 is 1.38. The molecule has 0 aliphatic carbocycles. The van der Waals surface area contributed by atoms with Crippen LogP contribution in [0.3, 0.4) is 0 Å². The number of aromatic nitrogens is 1. The van der Waals surface area contributed by atoms with E-state index in [9.17, 15) is 9.59 Å². The molecule has 1 aromatic heterocycles. The van der Waals surface area contributed by atoms with Crippen molar-refractivity contribution in [3.8, 4) is 5.69 Å². The van der Waals surface area contributed by atoms with Gasteiger partial charge in [0.05, 0.1) is 15.8 Å². The highest BCUT2D eigenvalue weighted by atomic mass is 32.1. The molecule has 1 heterocycles. The first-order valence-corrected chi connectivity index (χ1v) is 6.45. The number of carbonyl (C=O) groups is 1. The summed E-state index contributed by atoms with van der Waals surface area (Å²) < 4.78 is 2.54. The monoisotopic (exact) mass is 270 g/mol. The molecule has 3 rings (SSSR count). The number of nitrogens with zero attached hydrogens (tertiary/aromatic N) is 1. The summed E-state index contributed by atoms with van der Waals surface area (Å²) in [5.41, 5.74) is 6.30. The van der Waals surface area contributed by atoms with Crippen molar-refractivity contribution in [3.05, 3.63) is 64.4 Å². The highest BCUT2D eigenvalue weighted by Crippen LogP contribution is 2.19. The Bertz CT molecular complexity index is 815. The smallest absolute Gasteiger partial charge is 0.273 e. The molecule has 0 aliphatic rings. The van der Waals surface area contributed by atoms with Crippen molar-refractivity contribution >= 4 is 27.5 Å². The summed E-state index contributed by atoms with van der Waals surface area (Å²) in [4.78, 5) is 23.2. The second-order valence-electron chi connectivity index (χ2n) is 4.10. The molecule has 0 radical (unpaired) electrons. The van der Waals surface area contributed by atoms with Crippen molar-refractivity contribution in [1.82, 2.24) is 3.96 Å². The summed E-state index contributed by atoms with van der Waals surface area (Å²) in [6.45, 7) is 0. The highest BCUT2D eigenvalue weighted by molar-refractivity contribution is 7.14. The van der Waals surface area contributed by atoms with Gasteiger partial charge in [-0.15, -0.1) is 0 Å². The number of rotatable bonds is 2. The lowest BCUT2D eigenvalue weighted by molar-refractivity contribution is 0.100. The van der Waals surface area contributed by atoms with Gasteiger partial charge in [0.15, 0.2) is 0 Å². The van der Waals surface area contributed by atoms with Crippen molar-refractivity contribution in [2.45, 2.75) is 0 Å². The van der Waals surface area contributed by atoms with Crippen LogP contribution in [0.1, 0.15) is 10.4 Å². The van der Waals surface area contributed by atoms with E-state index in [1.165, 1.54) is 11.5 Å². The molecule has 3 aromatic rings. The van der Waals surface area contributed by atoms with Gasteiger partial charge in [-0.25, -0.2) is 3.96 Å². The van der Waals surface area contributed by atoms with E-state index in [2.05, 4.69) is 0 Å². The first kappa shape index (κ1) is 11.7. The maximum Gasteiger partial charge on any atom is 0.273 e. The van der Waals surface area contributed by atoms with Gasteiger partial charge in [-0.05, 0) is 36.4 Å². The fourth-order valence-corrected chi connectivity index (χ4v) is 2.90. The third-order valence-electron chi connectivity index (χ3n) is 2.88. The van der Waals surface area contributed by atoms with Crippen LogP contribution >= 0.6 is 11.5 Å². The zero-order valence-corrected chi connectivity index (χ0v) is 10.7. The standard InChI is InChI=1S/C14H10N2O2S/c15-13(17)9-5-7-10(8-6-9)16-14(18)11-3-1-2-4-12(11)19-16/h1-8H,(H2,15,17). The van der Waals surface area contributed by atoms with Crippen molar-refractivity contribution in [3.63, 3.8) is 0 Å². The van der Waals surface area contributed by atoms with Gasteiger partial charge < -0.3 is 5.73 Å². The number of nitrogens with two attached hydrogens (primary N) is 1. The average Bonchev–Trinajstić information content (AvgIpc) is 2.77. The number of hydrogen-bond donors (Lipinski definition) is 1. The van der Waals surface area contributed by atoms with Gasteiger partial charge in [0, 0.05) is 5.56 Å². The van der Waals surface area contributed by atoms with Crippen LogP contribution in [0.15, 0.2) is 53.3 Å². The fraction of sp³-hybridized carbons (Fsp3) is 0. The zero-order valence-electron chi connectivity index (χ0n) is 9.87. The Morgan fingerprint density at radius 2 is 1.74 bits per heavy atom. The lowest BCUT2D eigenvalue weighted by atomic mass is 10.2. The zero-order chi connectivity index (χ0) is 13.4. The molecule has 4 nitrogen and oxygen atoms in total. The first-order chi connectivity index (χ1) is 9.16. The van der Waals surface area contributed by atoms with E-state index in [1.54, 1.807) is 28.2 Å². The summed E-state index contributed by atoms with van der Waals surface area (Å²) in [6, 6.07) is 14.1. The Hall–Kier alpha value is -2.40. The largest absolute Gasteiger partial charge is 0.366 e. The summed E-state index contributed by atoms with van der Waals surface area (Å²) in [7, 11) is 0. The van der Waals surface area contributed by atoms with Crippen molar-refractivity contribution in [2.24, 2.45) is 5.73 Å². The number of primary amides is 1. The van der Waals surface area contributed by atoms with Crippen LogP contribution in [0.4, 0.5) is 0 Å². The van der Waals surface area contributed by atoms with E-state index in [-0.39, 0.29) is 5.56 Å². The number of hydrogen-bond acceptors (Lipinski definition) is 3. The van der Waals surface area contributed by atoms with Crippen molar-refractivity contribution in [1.29, 1.82) is 0 Å². The second-order valence-corrected chi connectivity index (χ2v) is 5.09. The molecule has 2 aromatic carbocycles. The van der Waals surface area contributed by atoms with E-state index >= 15 is 0 Å². The number of benzene rings is 2. The molecule has 5 heteroatoms. The minimum absolute atomic E-state index is 0.0487. The van der Waals surface area contributed by atoms with Gasteiger partial charge in [0.1, 0.15) is 0 Å². The normalized spacial score (nSPS) is 10.7. The lowest BCUT2D eigenvalue weighted by Crippen LogP contribution is -2.13. The molecular formula is C14H10N2O2S. The highest BCUT2D eigenvalue weighted by Gasteiger charge is 2.09. The summed E-state index contributed by atoms with van der Waals surface area (Å²) in [6.07, 6.45) is 0. The summed E-state index contributed by atoms with van der Waals surface area (Å²) in [5.74, 6) is -0.477.